The van der Waals surface area contributed by atoms with Crippen molar-refractivity contribution in [3.8, 4) is 0 Å². The summed E-state index contributed by atoms with van der Waals surface area (Å²) in [5.41, 5.74) is 1.45. The molecule has 1 heterocycles. The van der Waals surface area contributed by atoms with E-state index < -0.39 is 12.7 Å². The molecular formula is C13H20Cl2F2N2. The number of piperazine rings is 1. The number of hydrogen-bond acceptors (Lipinski definition) is 2. The molecule has 1 aliphatic heterocycles. The molecule has 110 valence electrons. The normalized spacial score (nSPS) is 17.2. The zero-order valence-electron chi connectivity index (χ0n) is 10.9. The highest BCUT2D eigenvalue weighted by molar-refractivity contribution is 5.85. The van der Waals surface area contributed by atoms with Crippen molar-refractivity contribution in [3.63, 3.8) is 0 Å². The SMILES string of the molecule is Cc1ccc(F)c([C@H](CF)N2CCNCC2)c1.Cl.Cl. The highest BCUT2D eigenvalue weighted by Crippen LogP contribution is 2.25. The Morgan fingerprint density at radius 3 is 2.47 bits per heavy atom. The molecule has 0 amide bonds. The van der Waals surface area contributed by atoms with Gasteiger partial charge in [0.05, 0.1) is 6.04 Å². The fraction of sp³-hybridized carbons (Fsp3) is 0.538. The summed E-state index contributed by atoms with van der Waals surface area (Å²) in [7, 11) is 0. The van der Waals surface area contributed by atoms with Crippen molar-refractivity contribution >= 4 is 24.8 Å². The lowest BCUT2D eigenvalue weighted by Gasteiger charge is -2.33. The van der Waals surface area contributed by atoms with Gasteiger partial charge in [-0.3, -0.25) is 4.90 Å². The van der Waals surface area contributed by atoms with E-state index in [1.807, 2.05) is 11.8 Å². The summed E-state index contributed by atoms with van der Waals surface area (Å²) in [5.74, 6) is -0.309. The van der Waals surface area contributed by atoms with E-state index >= 15 is 0 Å². The van der Waals surface area contributed by atoms with Crippen molar-refractivity contribution < 1.29 is 8.78 Å². The van der Waals surface area contributed by atoms with Gasteiger partial charge in [-0.05, 0) is 13.0 Å². The molecule has 0 unspecified atom stereocenters. The Hall–Kier alpha value is -0.420. The van der Waals surface area contributed by atoms with Gasteiger partial charge >= 0.3 is 0 Å². The lowest BCUT2D eigenvalue weighted by atomic mass is 10.0. The van der Waals surface area contributed by atoms with Crippen LogP contribution in [0.15, 0.2) is 18.2 Å². The highest BCUT2D eigenvalue weighted by atomic mass is 35.5. The van der Waals surface area contributed by atoms with E-state index in [1.165, 1.54) is 6.07 Å². The molecule has 2 rings (SSSR count). The molecule has 1 fully saturated rings. The van der Waals surface area contributed by atoms with Crippen LogP contribution >= 0.6 is 24.8 Å². The molecule has 0 bridgehead atoms. The minimum Gasteiger partial charge on any atom is -0.314 e. The van der Waals surface area contributed by atoms with Crippen molar-refractivity contribution in [2.24, 2.45) is 0 Å². The largest absolute Gasteiger partial charge is 0.314 e. The Morgan fingerprint density at radius 2 is 1.89 bits per heavy atom. The first-order valence-electron chi connectivity index (χ1n) is 5.99. The van der Waals surface area contributed by atoms with Crippen LogP contribution in [0.4, 0.5) is 8.78 Å². The topological polar surface area (TPSA) is 15.3 Å². The number of nitrogens with zero attached hydrogens (tertiary/aromatic N) is 1. The molecule has 0 saturated carbocycles. The number of halogens is 4. The van der Waals surface area contributed by atoms with Gasteiger partial charge in [-0.25, -0.2) is 8.78 Å². The summed E-state index contributed by atoms with van der Waals surface area (Å²) in [6.45, 7) is 4.56. The van der Waals surface area contributed by atoms with Gasteiger partial charge in [-0.2, -0.15) is 0 Å². The van der Waals surface area contributed by atoms with Crippen molar-refractivity contribution in [1.29, 1.82) is 0 Å². The molecule has 1 saturated heterocycles. The number of alkyl halides is 1. The zero-order valence-corrected chi connectivity index (χ0v) is 12.5. The molecule has 6 heteroatoms. The number of aryl methyl sites for hydroxylation is 1. The summed E-state index contributed by atoms with van der Waals surface area (Å²) in [4.78, 5) is 2.01. The summed E-state index contributed by atoms with van der Waals surface area (Å²) >= 11 is 0. The first-order valence-corrected chi connectivity index (χ1v) is 5.99. The molecular weight excluding hydrogens is 293 g/mol. The first kappa shape index (κ1) is 18.6. The molecule has 1 N–H and O–H groups in total. The zero-order chi connectivity index (χ0) is 12.3. The maximum Gasteiger partial charge on any atom is 0.128 e. The Balaban J connectivity index is 0.00000162. The van der Waals surface area contributed by atoms with Crippen LogP contribution < -0.4 is 5.32 Å². The summed E-state index contributed by atoms with van der Waals surface area (Å²) < 4.78 is 27.0. The molecule has 0 radical (unpaired) electrons. The Kier molecular flexibility index (Phi) is 8.50. The Morgan fingerprint density at radius 1 is 1.26 bits per heavy atom. The van der Waals surface area contributed by atoms with E-state index in [-0.39, 0.29) is 30.6 Å². The average Bonchev–Trinajstić information content (AvgIpc) is 2.36. The predicted octanol–water partition coefficient (Wildman–Crippen LogP) is 2.89. The van der Waals surface area contributed by atoms with Crippen LogP contribution in [0, 0.1) is 12.7 Å². The van der Waals surface area contributed by atoms with Crippen LogP contribution in [-0.4, -0.2) is 37.8 Å². The van der Waals surface area contributed by atoms with Crippen LogP contribution in [-0.2, 0) is 0 Å². The Labute approximate surface area is 125 Å². The van der Waals surface area contributed by atoms with E-state index in [4.69, 9.17) is 0 Å². The van der Waals surface area contributed by atoms with E-state index in [9.17, 15) is 8.78 Å². The fourth-order valence-electron chi connectivity index (χ4n) is 2.29. The summed E-state index contributed by atoms with van der Waals surface area (Å²) in [6, 6.07) is 4.44. The number of rotatable bonds is 3. The molecule has 1 atom stereocenters. The van der Waals surface area contributed by atoms with E-state index in [0.29, 0.717) is 5.56 Å². The predicted molar refractivity (Wildman–Crippen MR) is 78.8 cm³/mol. The van der Waals surface area contributed by atoms with Gasteiger partial charge in [-0.15, -0.1) is 24.8 Å². The average molecular weight is 313 g/mol. The maximum atomic E-state index is 13.8. The van der Waals surface area contributed by atoms with Crippen molar-refractivity contribution in [3.05, 3.63) is 35.1 Å². The van der Waals surface area contributed by atoms with Gasteiger partial charge in [-0.1, -0.05) is 17.7 Å². The molecule has 1 aromatic rings. The van der Waals surface area contributed by atoms with E-state index in [0.717, 1.165) is 31.7 Å². The molecule has 1 aliphatic rings. The van der Waals surface area contributed by atoms with Crippen LogP contribution in [0.2, 0.25) is 0 Å². The van der Waals surface area contributed by atoms with Crippen LogP contribution in [0.25, 0.3) is 0 Å². The number of hydrogen-bond donors (Lipinski definition) is 1. The smallest absolute Gasteiger partial charge is 0.128 e. The van der Waals surface area contributed by atoms with Gasteiger partial charge in [0.25, 0.3) is 0 Å². The van der Waals surface area contributed by atoms with Crippen LogP contribution in [0.3, 0.4) is 0 Å². The highest BCUT2D eigenvalue weighted by Gasteiger charge is 2.24. The number of benzene rings is 1. The monoisotopic (exact) mass is 312 g/mol. The standard InChI is InChI=1S/C13H18F2N2.2ClH/c1-10-2-3-12(15)11(8-10)13(9-14)17-6-4-16-5-7-17;;/h2-3,8,13,16H,4-7,9H2,1H3;2*1H/t13-;;/m0../s1. The minimum absolute atomic E-state index is 0. The van der Waals surface area contributed by atoms with Crippen LogP contribution in [0.5, 0.6) is 0 Å². The quantitative estimate of drug-likeness (QED) is 0.923. The van der Waals surface area contributed by atoms with E-state index in [1.54, 1.807) is 12.1 Å². The van der Waals surface area contributed by atoms with Crippen LogP contribution in [0.1, 0.15) is 17.2 Å². The van der Waals surface area contributed by atoms with Crippen molar-refractivity contribution in [2.75, 3.05) is 32.9 Å². The molecule has 0 spiro atoms. The molecule has 1 aromatic carbocycles. The Bertz CT molecular complexity index is 385. The first-order chi connectivity index (χ1) is 8.22. The van der Waals surface area contributed by atoms with Gasteiger partial charge in [0.1, 0.15) is 12.5 Å². The second kappa shape index (κ2) is 8.69. The molecule has 19 heavy (non-hydrogen) atoms. The molecule has 0 aromatic heterocycles. The molecule has 2 nitrogen and oxygen atoms in total. The van der Waals surface area contributed by atoms with E-state index in [2.05, 4.69) is 5.32 Å². The second-order valence-electron chi connectivity index (χ2n) is 4.48. The summed E-state index contributed by atoms with van der Waals surface area (Å²) in [5, 5.41) is 3.21. The van der Waals surface area contributed by atoms with Gasteiger partial charge in [0.2, 0.25) is 0 Å². The number of nitrogens with one attached hydrogen (secondary N) is 1. The third kappa shape index (κ3) is 4.56. The third-order valence-electron chi connectivity index (χ3n) is 3.25. The lowest BCUT2D eigenvalue weighted by Crippen LogP contribution is -2.45. The molecule has 0 aliphatic carbocycles. The van der Waals surface area contributed by atoms with Crippen molar-refractivity contribution in [1.82, 2.24) is 10.2 Å². The summed E-state index contributed by atoms with van der Waals surface area (Å²) in [6.07, 6.45) is 0. The van der Waals surface area contributed by atoms with Crippen molar-refractivity contribution in [2.45, 2.75) is 13.0 Å². The van der Waals surface area contributed by atoms with Gasteiger partial charge in [0.15, 0.2) is 0 Å². The second-order valence-corrected chi connectivity index (χ2v) is 4.48. The minimum atomic E-state index is -0.541. The van der Waals surface area contributed by atoms with Gasteiger partial charge in [0, 0.05) is 31.7 Å². The third-order valence-corrected chi connectivity index (χ3v) is 3.25. The maximum absolute atomic E-state index is 13.8. The van der Waals surface area contributed by atoms with Gasteiger partial charge < -0.3 is 5.32 Å². The lowest BCUT2D eigenvalue weighted by molar-refractivity contribution is 0.144. The fourth-order valence-corrected chi connectivity index (χ4v) is 2.29.